The van der Waals surface area contributed by atoms with Crippen LogP contribution in [0.5, 0.6) is 0 Å². The Kier molecular flexibility index (Phi) is 9.98. The van der Waals surface area contributed by atoms with Gasteiger partial charge in [-0.05, 0) is 17.9 Å². The molecule has 0 atom stereocenters. The second-order valence-corrected chi connectivity index (χ2v) is 5.74. The summed E-state index contributed by atoms with van der Waals surface area (Å²) in [7, 11) is 1.81. The van der Waals surface area contributed by atoms with E-state index in [0.717, 1.165) is 58.3 Å². The largest absolute Gasteiger partial charge is 0.379 e. The second kappa shape index (κ2) is 11.2. The highest BCUT2D eigenvalue weighted by Gasteiger charge is 2.09. The first-order chi connectivity index (χ1) is 9.88. The lowest BCUT2D eigenvalue weighted by atomic mass is 10.3. The molecule has 0 radical (unpaired) electrons. The molecule has 0 saturated carbocycles. The lowest BCUT2D eigenvalue weighted by molar-refractivity contribution is 0.0389. The van der Waals surface area contributed by atoms with Crippen LogP contribution in [-0.2, 0) is 11.2 Å². The molecule has 1 aliphatic heterocycles. The minimum absolute atomic E-state index is 0. The first-order valence-corrected chi connectivity index (χ1v) is 8.03. The number of thiophene rings is 1. The topological polar surface area (TPSA) is 48.9 Å². The highest BCUT2D eigenvalue weighted by Crippen LogP contribution is 2.07. The van der Waals surface area contributed by atoms with Crippen LogP contribution >= 0.6 is 35.3 Å². The lowest BCUT2D eigenvalue weighted by Gasteiger charge is -2.26. The SMILES string of the molecule is CN=C(NCCc1cccs1)NCCN1CCOCC1.I. The zero-order chi connectivity index (χ0) is 14.0. The highest BCUT2D eigenvalue weighted by molar-refractivity contribution is 14.0. The average Bonchev–Trinajstić information content (AvgIpc) is 3.00. The molecule has 1 aromatic heterocycles. The van der Waals surface area contributed by atoms with Crippen molar-refractivity contribution in [2.45, 2.75) is 6.42 Å². The normalized spacial score (nSPS) is 16.3. The Morgan fingerprint density at radius 1 is 1.33 bits per heavy atom. The van der Waals surface area contributed by atoms with Crippen molar-refractivity contribution in [3.63, 3.8) is 0 Å². The Morgan fingerprint density at radius 3 is 2.76 bits per heavy atom. The maximum atomic E-state index is 5.34. The Morgan fingerprint density at radius 2 is 2.10 bits per heavy atom. The van der Waals surface area contributed by atoms with E-state index in [0.29, 0.717) is 0 Å². The fourth-order valence-corrected chi connectivity index (χ4v) is 2.85. The number of halogens is 1. The van der Waals surface area contributed by atoms with Gasteiger partial charge in [0.2, 0.25) is 0 Å². The monoisotopic (exact) mass is 424 g/mol. The van der Waals surface area contributed by atoms with Crippen LogP contribution in [0.25, 0.3) is 0 Å². The van der Waals surface area contributed by atoms with Crippen LogP contribution in [0.2, 0.25) is 0 Å². The van der Waals surface area contributed by atoms with E-state index in [4.69, 9.17) is 4.74 Å². The van der Waals surface area contributed by atoms with E-state index in [1.54, 1.807) is 11.3 Å². The van der Waals surface area contributed by atoms with Crippen LogP contribution < -0.4 is 10.6 Å². The van der Waals surface area contributed by atoms with Gasteiger partial charge in [-0.25, -0.2) is 0 Å². The first-order valence-electron chi connectivity index (χ1n) is 7.15. The minimum atomic E-state index is 0. The Hall–Kier alpha value is -0.380. The smallest absolute Gasteiger partial charge is 0.191 e. The molecule has 0 bridgehead atoms. The van der Waals surface area contributed by atoms with Gasteiger partial charge in [-0.2, -0.15) is 0 Å². The molecule has 0 spiro atoms. The summed E-state index contributed by atoms with van der Waals surface area (Å²) in [6, 6.07) is 4.26. The highest BCUT2D eigenvalue weighted by atomic mass is 127. The third-order valence-corrected chi connectivity index (χ3v) is 4.23. The third kappa shape index (κ3) is 7.44. The summed E-state index contributed by atoms with van der Waals surface area (Å²) in [5.74, 6) is 0.884. The van der Waals surface area contributed by atoms with Gasteiger partial charge in [-0.3, -0.25) is 9.89 Å². The predicted molar refractivity (Wildman–Crippen MR) is 100 cm³/mol. The van der Waals surface area contributed by atoms with E-state index in [1.165, 1.54) is 4.88 Å². The molecule has 2 N–H and O–H groups in total. The summed E-state index contributed by atoms with van der Waals surface area (Å²) in [4.78, 5) is 8.06. The quantitative estimate of drug-likeness (QED) is 0.412. The van der Waals surface area contributed by atoms with E-state index >= 15 is 0 Å². The molecule has 0 aliphatic carbocycles. The summed E-state index contributed by atoms with van der Waals surface area (Å²) in [5, 5.41) is 8.82. The maximum absolute atomic E-state index is 5.34. The van der Waals surface area contributed by atoms with Crippen molar-refractivity contribution in [3.05, 3.63) is 22.4 Å². The number of nitrogens with one attached hydrogen (secondary N) is 2. The van der Waals surface area contributed by atoms with Crippen molar-refractivity contribution < 1.29 is 4.74 Å². The number of guanidine groups is 1. The van der Waals surface area contributed by atoms with E-state index in [-0.39, 0.29) is 24.0 Å². The van der Waals surface area contributed by atoms with Crippen molar-refractivity contribution in [1.29, 1.82) is 0 Å². The van der Waals surface area contributed by atoms with E-state index < -0.39 is 0 Å². The van der Waals surface area contributed by atoms with Gasteiger partial charge in [0, 0.05) is 44.6 Å². The van der Waals surface area contributed by atoms with Crippen LogP contribution in [0.3, 0.4) is 0 Å². The number of nitrogens with zero attached hydrogens (tertiary/aromatic N) is 2. The molecule has 0 amide bonds. The van der Waals surface area contributed by atoms with Gasteiger partial charge in [-0.1, -0.05) is 6.07 Å². The number of ether oxygens (including phenoxy) is 1. The third-order valence-electron chi connectivity index (χ3n) is 3.29. The summed E-state index contributed by atoms with van der Waals surface area (Å²) < 4.78 is 5.34. The molecule has 2 heterocycles. The number of morpholine rings is 1. The van der Waals surface area contributed by atoms with E-state index in [2.05, 4.69) is 38.0 Å². The molecule has 2 rings (SSSR count). The van der Waals surface area contributed by atoms with Crippen LogP contribution in [-0.4, -0.2) is 63.8 Å². The fraction of sp³-hybridized carbons (Fsp3) is 0.643. The Labute approximate surface area is 148 Å². The van der Waals surface area contributed by atoms with Crippen LogP contribution in [0, 0.1) is 0 Å². The fourth-order valence-electron chi connectivity index (χ4n) is 2.14. The number of aliphatic imine (C=N–C) groups is 1. The maximum Gasteiger partial charge on any atom is 0.191 e. The molecule has 21 heavy (non-hydrogen) atoms. The van der Waals surface area contributed by atoms with Crippen molar-refractivity contribution in [2.75, 3.05) is 53.0 Å². The summed E-state index contributed by atoms with van der Waals surface area (Å²) in [6.45, 7) is 6.64. The molecule has 120 valence electrons. The first kappa shape index (κ1) is 18.7. The van der Waals surface area contributed by atoms with Crippen molar-refractivity contribution >= 4 is 41.3 Å². The molecule has 1 fully saturated rings. The van der Waals surface area contributed by atoms with Crippen molar-refractivity contribution in [1.82, 2.24) is 15.5 Å². The van der Waals surface area contributed by atoms with E-state index in [9.17, 15) is 0 Å². The summed E-state index contributed by atoms with van der Waals surface area (Å²) in [6.07, 6.45) is 1.04. The zero-order valence-electron chi connectivity index (χ0n) is 12.5. The number of hydrogen-bond donors (Lipinski definition) is 2. The molecule has 1 saturated heterocycles. The summed E-state index contributed by atoms with van der Waals surface area (Å²) in [5.41, 5.74) is 0. The van der Waals surface area contributed by atoms with Gasteiger partial charge < -0.3 is 15.4 Å². The number of rotatable bonds is 6. The van der Waals surface area contributed by atoms with Crippen LogP contribution in [0.1, 0.15) is 4.88 Å². The van der Waals surface area contributed by atoms with Gasteiger partial charge in [0.25, 0.3) is 0 Å². The standard InChI is InChI=1S/C14H24N4OS.HI/c1-15-14(16-5-4-13-3-2-12-20-13)17-6-7-18-8-10-19-11-9-18;/h2-3,12H,4-11H2,1H3,(H2,15,16,17);1H. The molecule has 1 aromatic rings. The zero-order valence-corrected chi connectivity index (χ0v) is 15.7. The van der Waals surface area contributed by atoms with Crippen molar-refractivity contribution in [3.8, 4) is 0 Å². The Balaban J connectivity index is 0.00000220. The van der Waals surface area contributed by atoms with Crippen LogP contribution in [0.15, 0.2) is 22.5 Å². The molecule has 0 aromatic carbocycles. The molecule has 0 unspecified atom stereocenters. The average molecular weight is 424 g/mol. The lowest BCUT2D eigenvalue weighted by Crippen LogP contribution is -2.44. The van der Waals surface area contributed by atoms with Gasteiger partial charge >= 0.3 is 0 Å². The minimum Gasteiger partial charge on any atom is -0.379 e. The molecule has 1 aliphatic rings. The number of hydrogen-bond acceptors (Lipinski definition) is 4. The Bertz CT molecular complexity index is 394. The molecular weight excluding hydrogens is 399 g/mol. The van der Waals surface area contributed by atoms with Gasteiger partial charge in [0.05, 0.1) is 13.2 Å². The molecular formula is C14H25IN4OS. The van der Waals surface area contributed by atoms with Gasteiger partial charge in [-0.15, -0.1) is 35.3 Å². The summed E-state index contributed by atoms with van der Waals surface area (Å²) >= 11 is 1.80. The van der Waals surface area contributed by atoms with Crippen LogP contribution in [0.4, 0.5) is 0 Å². The van der Waals surface area contributed by atoms with E-state index in [1.807, 2.05) is 7.05 Å². The second-order valence-electron chi connectivity index (χ2n) is 4.71. The molecule has 7 heteroatoms. The van der Waals surface area contributed by atoms with Gasteiger partial charge in [0.15, 0.2) is 5.96 Å². The molecule has 5 nitrogen and oxygen atoms in total. The predicted octanol–water partition coefficient (Wildman–Crippen LogP) is 1.41. The van der Waals surface area contributed by atoms with Gasteiger partial charge in [0.1, 0.15) is 0 Å². The van der Waals surface area contributed by atoms with Crippen molar-refractivity contribution in [2.24, 2.45) is 4.99 Å².